The van der Waals surface area contributed by atoms with Gasteiger partial charge in [0.1, 0.15) is 5.01 Å². The monoisotopic (exact) mass is 287 g/mol. The Labute approximate surface area is 124 Å². The zero-order valence-electron chi connectivity index (χ0n) is 12.0. The molecule has 3 nitrogen and oxygen atoms in total. The van der Waals surface area contributed by atoms with Gasteiger partial charge in [0, 0.05) is 30.7 Å². The van der Waals surface area contributed by atoms with Crippen molar-refractivity contribution in [1.82, 2.24) is 15.6 Å². The third kappa shape index (κ3) is 2.92. The van der Waals surface area contributed by atoms with Crippen molar-refractivity contribution in [3.05, 3.63) is 52.0 Å². The minimum absolute atomic E-state index is 0.0627. The Bertz CT molecular complexity index is 563. The Morgan fingerprint density at radius 3 is 2.90 bits per heavy atom. The van der Waals surface area contributed by atoms with Gasteiger partial charge in [-0.3, -0.25) is 0 Å². The first-order valence-electron chi connectivity index (χ1n) is 7.10. The highest BCUT2D eigenvalue weighted by Gasteiger charge is 2.25. The number of aromatic nitrogens is 1. The van der Waals surface area contributed by atoms with Crippen molar-refractivity contribution >= 4 is 11.3 Å². The van der Waals surface area contributed by atoms with Crippen LogP contribution in [0.4, 0.5) is 0 Å². The molecule has 20 heavy (non-hydrogen) atoms. The Balaban J connectivity index is 1.60. The lowest BCUT2D eigenvalue weighted by Gasteiger charge is -2.31. The van der Waals surface area contributed by atoms with Crippen LogP contribution in [0.15, 0.2) is 35.8 Å². The molecule has 1 unspecified atom stereocenters. The molecule has 0 spiro atoms. The van der Waals surface area contributed by atoms with Crippen LogP contribution in [0.1, 0.15) is 30.0 Å². The summed E-state index contributed by atoms with van der Waals surface area (Å²) in [6.07, 6.45) is 2.97. The van der Waals surface area contributed by atoms with Gasteiger partial charge in [0.05, 0.1) is 5.54 Å². The Morgan fingerprint density at radius 2 is 2.15 bits per heavy atom. The summed E-state index contributed by atoms with van der Waals surface area (Å²) < 4.78 is 0. The number of hydrogen-bond donors (Lipinski definition) is 2. The van der Waals surface area contributed by atoms with Crippen LogP contribution in [0.3, 0.4) is 0 Å². The van der Waals surface area contributed by atoms with Crippen LogP contribution >= 0.6 is 11.3 Å². The first kappa shape index (κ1) is 13.7. The van der Waals surface area contributed by atoms with Crippen LogP contribution in [0.2, 0.25) is 0 Å². The summed E-state index contributed by atoms with van der Waals surface area (Å²) in [5.41, 5.74) is 2.85. The molecule has 0 fully saturated rings. The van der Waals surface area contributed by atoms with E-state index in [1.165, 1.54) is 11.1 Å². The van der Waals surface area contributed by atoms with Crippen molar-refractivity contribution in [3.63, 3.8) is 0 Å². The summed E-state index contributed by atoms with van der Waals surface area (Å²) in [6, 6.07) is 9.20. The molecule has 1 aliphatic heterocycles. The first-order valence-corrected chi connectivity index (χ1v) is 7.98. The maximum atomic E-state index is 4.42. The Hall–Kier alpha value is -1.23. The zero-order chi connectivity index (χ0) is 14.0. The van der Waals surface area contributed by atoms with E-state index in [1.54, 1.807) is 11.3 Å². The molecule has 4 heteroatoms. The van der Waals surface area contributed by atoms with Crippen LogP contribution in [0.25, 0.3) is 0 Å². The highest BCUT2D eigenvalue weighted by molar-refractivity contribution is 7.09. The predicted molar refractivity (Wildman–Crippen MR) is 83.9 cm³/mol. The van der Waals surface area contributed by atoms with Crippen molar-refractivity contribution < 1.29 is 0 Å². The van der Waals surface area contributed by atoms with E-state index in [0.717, 1.165) is 24.5 Å². The summed E-state index contributed by atoms with van der Waals surface area (Å²) in [6.45, 7) is 6.33. The van der Waals surface area contributed by atoms with Crippen molar-refractivity contribution in [3.8, 4) is 0 Å². The number of nitrogens with one attached hydrogen (secondary N) is 2. The quantitative estimate of drug-likeness (QED) is 0.908. The molecular formula is C16H21N3S. The van der Waals surface area contributed by atoms with Crippen molar-refractivity contribution in [2.75, 3.05) is 6.54 Å². The normalized spacial score (nSPS) is 18.8. The summed E-state index contributed by atoms with van der Waals surface area (Å²) in [5.74, 6) is 0. The first-order chi connectivity index (χ1) is 9.65. The average molecular weight is 287 g/mol. The van der Waals surface area contributed by atoms with Gasteiger partial charge in [-0.1, -0.05) is 24.3 Å². The Kier molecular flexibility index (Phi) is 3.87. The van der Waals surface area contributed by atoms with Gasteiger partial charge in [0.15, 0.2) is 0 Å². The van der Waals surface area contributed by atoms with Crippen LogP contribution < -0.4 is 10.6 Å². The highest BCUT2D eigenvalue weighted by Crippen LogP contribution is 2.22. The van der Waals surface area contributed by atoms with Gasteiger partial charge in [0.2, 0.25) is 0 Å². The summed E-state index contributed by atoms with van der Waals surface area (Å²) in [4.78, 5) is 4.42. The Morgan fingerprint density at radius 1 is 1.35 bits per heavy atom. The number of thiazole rings is 1. The molecule has 2 heterocycles. The van der Waals surface area contributed by atoms with Gasteiger partial charge < -0.3 is 10.6 Å². The minimum atomic E-state index is -0.0627. The van der Waals surface area contributed by atoms with Gasteiger partial charge >= 0.3 is 0 Å². The van der Waals surface area contributed by atoms with E-state index < -0.39 is 0 Å². The molecule has 1 aromatic carbocycles. The van der Waals surface area contributed by atoms with E-state index in [-0.39, 0.29) is 5.54 Å². The second kappa shape index (κ2) is 5.64. The van der Waals surface area contributed by atoms with Crippen molar-refractivity contribution in [2.45, 2.75) is 38.4 Å². The zero-order valence-corrected chi connectivity index (χ0v) is 12.8. The van der Waals surface area contributed by atoms with Crippen LogP contribution in [0, 0.1) is 0 Å². The van der Waals surface area contributed by atoms with Crippen LogP contribution in [-0.2, 0) is 18.5 Å². The fourth-order valence-corrected chi connectivity index (χ4v) is 3.39. The predicted octanol–water partition coefficient (Wildman–Crippen LogP) is 2.68. The second-order valence-corrected chi connectivity index (χ2v) is 6.79. The van der Waals surface area contributed by atoms with Gasteiger partial charge in [0.25, 0.3) is 0 Å². The van der Waals surface area contributed by atoms with E-state index in [4.69, 9.17) is 0 Å². The molecule has 106 valence electrons. The maximum Gasteiger partial charge on any atom is 0.112 e. The molecule has 2 N–H and O–H groups in total. The average Bonchev–Trinajstić information content (AvgIpc) is 3.00. The molecule has 0 saturated carbocycles. The standard InChI is InChI=1S/C16H21N3S/c1-16(2,15-17-7-8-20-15)19-11-14-9-12-5-3-4-6-13(12)10-18-14/h3-8,14,18-19H,9-11H2,1-2H3. The molecule has 1 atom stereocenters. The third-order valence-corrected chi connectivity index (χ3v) is 5.02. The second-order valence-electron chi connectivity index (χ2n) is 5.89. The van der Waals surface area contributed by atoms with Gasteiger partial charge in [-0.2, -0.15) is 0 Å². The van der Waals surface area contributed by atoms with E-state index in [2.05, 4.69) is 53.7 Å². The lowest BCUT2D eigenvalue weighted by molar-refractivity contribution is 0.351. The molecular weight excluding hydrogens is 266 g/mol. The summed E-state index contributed by atoms with van der Waals surface area (Å²) in [5, 5.41) is 10.4. The summed E-state index contributed by atoms with van der Waals surface area (Å²) >= 11 is 1.71. The fraction of sp³-hybridized carbons (Fsp3) is 0.438. The molecule has 0 aliphatic carbocycles. The number of benzene rings is 1. The van der Waals surface area contributed by atoms with E-state index in [9.17, 15) is 0 Å². The highest BCUT2D eigenvalue weighted by atomic mass is 32.1. The molecule has 2 aromatic rings. The van der Waals surface area contributed by atoms with E-state index >= 15 is 0 Å². The van der Waals surface area contributed by atoms with E-state index in [1.807, 2.05) is 11.6 Å². The fourth-order valence-electron chi connectivity index (χ4n) is 2.65. The smallest absolute Gasteiger partial charge is 0.112 e. The minimum Gasteiger partial charge on any atom is -0.308 e. The third-order valence-electron chi connectivity index (χ3n) is 3.92. The summed E-state index contributed by atoms with van der Waals surface area (Å²) in [7, 11) is 0. The number of rotatable bonds is 4. The topological polar surface area (TPSA) is 37.0 Å². The number of fused-ring (bicyclic) bond motifs is 1. The maximum absolute atomic E-state index is 4.42. The lowest BCUT2D eigenvalue weighted by atomic mass is 9.95. The van der Waals surface area contributed by atoms with Crippen LogP contribution in [-0.4, -0.2) is 17.6 Å². The molecule has 3 rings (SSSR count). The molecule has 0 amide bonds. The van der Waals surface area contributed by atoms with Crippen LogP contribution in [0.5, 0.6) is 0 Å². The number of hydrogen-bond acceptors (Lipinski definition) is 4. The van der Waals surface area contributed by atoms with Gasteiger partial charge in [-0.25, -0.2) is 4.98 Å². The lowest BCUT2D eigenvalue weighted by Crippen LogP contribution is -2.48. The van der Waals surface area contributed by atoms with E-state index in [0.29, 0.717) is 6.04 Å². The van der Waals surface area contributed by atoms with Gasteiger partial charge in [-0.15, -0.1) is 11.3 Å². The molecule has 1 aliphatic rings. The molecule has 0 radical (unpaired) electrons. The SMILES string of the molecule is CC(C)(NCC1Cc2ccccc2CN1)c1nccs1. The van der Waals surface area contributed by atoms with Crippen molar-refractivity contribution in [2.24, 2.45) is 0 Å². The molecule has 0 saturated heterocycles. The number of nitrogens with zero attached hydrogens (tertiary/aromatic N) is 1. The molecule has 0 bridgehead atoms. The van der Waals surface area contributed by atoms with Gasteiger partial charge in [-0.05, 0) is 31.4 Å². The molecule has 1 aromatic heterocycles. The largest absolute Gasteiger partial charge is 0.308 e. The van der Waals surface area contributed by atoms with Crippen molar-refractivity contribution in [1.29, 1.82) is 0 Å².